The van der Waals surface area contributed by atoms with Crippen molar-refractivity contribution in [2.45, 2.75) is 25.6 Å². The van der Waals surface area contributed by atoms with E-state index in [4.69, 9.17) is 5.11 Å². The topological polar surface area (TPSA) is 66.4 Å². The van der Waals surface area contributed by atoms with E-state index < -0.39 is 23.6 Å². The van der Waals surface area contributed by atoms with E-state index in [1.165, 1.54) is 11.4 Å². The van der Waals surface area contributed by atoms with Crippen molar-refractivity contribution in [3.8, 4) is 0 Å². The van der Waals surface area contributed by atoms with Crippen LogP contribution in [0, 0.1) is 6.92 Å². The number of carbonyl (C=O) groups excluding carboxylic acids is 1. The van der Waals surface area contributed by atoms with Gasteiger partial charge in [-0.05, 0) is 25.5 Å². The summed E-state index contributed by atoms with van der Waals surface area (Å²) in [5.74, 6) is -3.31. The zero-order valence-corrected chi connectivity index (χ0v) is 11.4. The Hall–Kier alpha value is -2.31. The van der Waals surface area contributed by atoms with Gasteiger partial charge in [0.2, 0.25) is 11.4 Å². The van der Waals surface area contributed by atoms with Crippen LogP contribution in [-0.4, -0.2) is 28.7 Å². The van der Waals surface area contributed by atoms with Crippen molar-refractivity contribution in [2.75, 3.05) is 0 Å². The van der Waals surface area contributed by atoms with E-state index in [1.807, 2.05) is 13.0 Å². The number of carboxylic acid groups (broad SMARTS) is 1. The maximum absolute atomic E-state index is 12.7. The second kappa shape index (κ2) is 5.99. The second-order valence-corrected chi connectivity index (χ2v) is 4.66. The van der Waals surface area contributed by atoms with Crippen LogP contribution >= 0.6 is 0 Å². The zero-order valence-electron chi connectivity index (χ0n) is 11.4. The summed E-state index contributed by atoms with van der Waals surface area (Å²) in [5, 5.41) is 10.1. The second-order valence-electron chi connectivity index (χ2n) is 4.66. The maximum Gasteiger partial charge on any atom is 0.422 e. The third-order valence-electron chi connectivity index (χ3n) is 2.84. The molecule has 0 saturated carbocycles. The van der Waals surface area contributed by atoms with Crippen molar-refractivity contribution in [1.29, 1.82) is 0 Å². The number of hydrogen-bond donors (Lipinski definition) is 2. The van der Waals surface area contributed by atoms with Crippen LogP contribution in [0.1, 0.15) is 18.1 Å². The van der Waals surface area contributed by atoms with Gasteiger partial charge in [-0.1, -0.05) is 29.8 Å². The highest BCUT2D eigenvalue weighted by molar-refractivity contribution is 5.96. The summed E-state index contributed by atoms with van der Waals surface area (Å²) in [5.41, 5.74) is -1.79. The Kier molecular flexibility index (Phi) is 4.77. The van der Waals surface area contributed by atoms with Gasteiger partial charge in [-0.3, -0.25) is 4.79 Å². The first kappa shape index (κ1) is 16.7. The van der Waals surface area contributed by atoms with Gasteiger partial charge in [0.05, 0.1) is 0 Å². The maximum atomic E-state index is 12.7. The highest BCUT2D eigenvalue weighted by Gasteiger charge is 2.58. The first-order chi connectivity index (χ1) is 9.56. The minimum atomic E-state index is -5.11. The van der Waals surface area contributed by atoms with Crippen LogP contribution in [0.3, 0.4) is 0 Å². The van der Waals surface area contributed by atoms with E-state index >= 15 is 0 Å². The molecule has 0 radical (unpaired) electrons. The Morgan fingerprint density at radius 1 is 1.29 bits per heavy atom. The molecular weight excluding hydrogens is 287 g/mol. The first-order valence-electron chi connectivity index (χ1n) is 5.93. The molecule has 114 valence electrons. The van der Waals surface area contributed by atoms with Crippen LogP contribution in [0.25, 0.3) is 6.08 Å². The fourth-order valence-corrected chi connectivity index (χ4v) is 1.48. The molecule has 1 amide bonds. The van der Waals surface area contributed by atoms with Crippen LogP contribution < -0.4 is 5.32 Å². The van der Waals surface area contributed by atoms with Gasteiger partial charge in [-0.25, -0.2) is 4.79 Å². The van der Waals surface area contributed by atoms with E-state index in [0.29, 0.717) is 12.5 Å². The smallest absolute Gasteiger partial charge is 0.422 e. The average molecular weight is 301 g/mol. The van der Waals surface area contributed by atoms with Crippen LogP contribution in [0.5, 0.6) is 0 Å². The molecule has 4 nitrogen and oxygen atoms in total. The minimum absolute atomic E-state index is 0.397. The number of nitrogens with one attached hydrogen (secondary N) is 1. The number of carbonyl (C=O) groups is 2. The van der Waals surface area contributed by atoms with Crippen LogP contribution in [0.4, 0.5) is 13.2 Å². The zero-order chi connectivity index (χ0) is 16.3. The Labute approximate surface area is 119 Å². The standard InChI is InChI=1S/C14H14F3NO3/c1-9-4-3-5-10(8-9)6-7-11(19)18-13(2,12(20)21)14(15,16)17/h3-8H,1-2H3,(H,18,19)(H,20,21). The van der Waals surface area contributed by atoms with Gasteiger partial charge < -0.3 is 10.4 Å². The van der Waals surface area contributed by atoms with E-state index in [1.54, 1.807) is 18.2 Å². The molecule has 1 aromatic rings. The quantitative estimate of drug-likeness (QED) is 0.840. The molecule has 0 heterocycles. The number of benzene rings is 1. The number of carboxylic acids is 1. The summed E-state index contributed by atoms with van der Waals surface area (Å²) in [6.07, 6.45) is -2.94. The Bertz CT molecular complexity index is 581. The van der Waals surface area contributed by atoms with Crippen molar-refractivity contribution in [1.82, 2.24) is 5.32 Å². The molecule has 0 bridgehead atoms. The van der Waals surface area contributed by atoms with E-state index in [9.17, 15) is 22.8 Å². The largest absolute Gasteiger partial charge is 0.479 e. The average Bonchev–Trinajstić information content (AvgIpc) is 2.34. The summed E-state index contributed by atoms with van der Waals surface area (Å²) in [4.78, 5) is 22.3. The Morgan fingerprint density at radius 2 is 1.90 bits per heavy atom. The van der Waals surface area contributed by atoms with Crippen LogP contribution in [0.2, 0.25) is 0 Å². The lowest BCUT2D eigenvalue weighted by Crippen LogP contribution is -2.61. The van der Waals surface area contributed by atoms with E-state index in [-0.39, 0.29) is 0 Å². The van der Waals surface area contributed by atoms with Gasteiger partial charge >= 0.3 is 12.1 Å². The fourth-order valence-electron chi connectivity index (χ4n) is 1.48. The van der Waals surface area contributed by atoms with Crippen molar-refractivity contribution in [3.05, 3.63) is 41.5 Å². The molecule has 21 heavy (non-hydrogen) atoms. The summed E-state index contributed by atoms with van der Waals surface area (Å²) in [6, 6.07) is 6.94. The van der Waals surface area contributed by atoms with Gasteiger partial charge in [-0.15, -0.1) is 0 Å². The monoisotopic (exact) mass is 301 g/mol. The normalized spacial score (nSPS) is 14.7. The Morgan fingerprint density at radius 3 is 2.38 bits per heavy atom. The number of halogens is 3. The molecule has 1 atom stereocenters. The van der Waals surface area contributed by atoms with Gasteiger partial charge in [0.15, 0.2) is 0 Å². The lowest BCUT2D eigenvalue weighted by molar-refractivity contribution is -0.206. The van der Waals surface area contributed by atoms with Crippen molar-refractivity contribution in [3.63, 3.8) is 0 Å². The third-order valence-corrected chi connectivity index (χ3v) is 2.84. The molecule has 0 spiro atoms. The minimum Gasteiger partial charge on any atom is -0.479 e. The van der Waals surface area contributed by atoms with Gasteiger partial charge in [0.25, 0.3) is 0 Å². The lowest BCUT2D eigenvalue weighted by atomic mass is 10.0. The molecule has 2 N–H and O–H groups in total. The highest BCUT2D eigenvalue weighted by atomic mass is 19.4. The van der Waals surface area contributed by atoms with Crippen molar-refractivity contribution in [2.24, 2.45) is 0 Å². The number of rotatable bonds is 4. The van der Waals surface area contributed by atoms with Crippen molar-refractivity contribution >= 4 is 18.0 Å². The summed E-state index contributed by atoms with van der Waals surface area (Å²) in [6.45, 7) is 2.22. The highest BCUT2D eigenvalue weighted by Crippen LogP contribution is 2.30. The summed E-state index contributed by atoms with van der Waals surface area (Å²) >= 11 is 0. The number of aryl methyl sites for hydroxylation is 1. The van der Waals surface area contributed by atoms with Gasteiger partial charge in [0, 0.05) is 6.08 Å². The molecule has 0 fully saturated rings. The van der Waals surface area contributed by atoms with E-state index in [0.717, 1.165) is 11.6 Å². The molecule has 0 saturated heterocycles. The molecule has 1 unspecified atom stereocenters. The predicted molar refractivity (Wildman–Crippen MR) is 70.5 cm³/mol. The van der Waals surface area contributed by atoms with Crippen molar-refractivity contribution < 1.29 is 27.9 Å². The molecule has 0 aromatic heterocycles. The van der Waals surface area contributed by atoms with Gasteiger partial charge in [0.1, 0.15) is 0 Å². The molecule has 0 aliphatic carbocycles. The molecular formula is C14H14F3NO3. The number of alkyl halides is 3. The molecule has 1 rings (SSSR count). The predicted octanol–water partition coefficient (Wildman–Crippen LogP) is 2.53. The van der Waals surface area contributed by atoms with E-state index in [2.05, 4.69) is 0 Å². The number of amides is 1. The molecule has 0 aliphatic heterocycles. The fraction of sp³-hybridized carbons (Fsp3) is 0.286. The number of hydrogen-bond acceptors (Lipinski definition) is 2. The Balaban J connectivity index is 2.87. The third kappa shape index (κ3) is 4.08. The van der Waals surface area contributed by atoms with Crippen LogP contribution in [0.15, 0.2) is 30.3 Å². The lowest BCUT2D eigenvalue weighted by Gasteiger charge is -2.27. The summed E-state index contributed by atoms with van der Waals surface area (Å²) < 4.78 is 38.1. The first-order valence-corrected chi connectivity index (χ1v) is 5.93. The molecule has 0 aliphatic rings. The molecule has 7 heteroatoms. The van der Waals surface area contributed by atoms with Gasteiger partial charge in [-0.2, -0.15) is 13.2 Å². The molecule has 1 aromatic carbocycles. The summed E-state index contributed by atoms with van der Waals surface area (Å²) in [7, 11) is 0. The SMILES string of the molecule is Cc1cccc(C=CC(=O)NC(C)(C(=O)O)C(F)(F)F)c1. The number of aliphatic carboxylic acids is 1. The van der Waals surface area contributed by atoms with Crippen LogP contribution in [-0.2, 0) is 9.59 Å².